The van der Waals surface area contributed by atoms with Crippen molar-refractivity contribution in [1.82, 2.24) is 20.9 Å². The van der Waals surface area contributed by atoms with Gasteiger partial charge >= 0.3 is 0 Å². The molecule has 0 radical (unpaired) electrons. The molecule has 0 bridgehead atoms. The Bertz CT molecular complexity index is 662. The van der Waals surface area contributed by atoms with Gasteiger partial charge in [-0.2, -0.15) is 0 Å². The van der Waals surface area contributed by atoms with Crippen molar-refractivity contribution in [3.05, 3.63) is 34.9 Å². The van der Waals surface area contributed by atoms with Crippen molar-refractivity contribution in [3.63, 3.8) is 0 Å². The molecule has 0 aromatic heterocycles. The van der Waals surface area contributed by atoms with Gasteiger partial charge in [-0.25, -0.2) is 0 Å². The van der Waals surface area contributed by atoms with E-state index in [-0.39, 0.29) is 12.5 Å². The van der Waals surface area contributed by atoms with Crippen molar-refractivity contribution in [2.75, 3.05) is 39.3 Å². The Labute approximate surface area is 178 Å². The number of carbonyl (C=O) groups excluding carboxylic acids is 1. The molecule has 1 saturated heterocycles. The first-order chi connectivity index (χ1) is 14.0. The van der Waals surface area contributed by atoms with Crippen LogP contribution in [0.4, 0.5) is 0 Å². The Morgan fingerprint density at radius 1 is 1.28 bits per heavy atom. The van der Waals surface area contributed by atoms with Crippen molar-refractivity contribution in [2.24, 2.45) is 4.99 Å². The Morgan fingerprint density at radius 2 is 2.00 bits per heavy atom. The minimum absolute atomic E-state index is 0.0988. The molecule has 29 heavy (non-hydrogen) atoms. The third kappa shape index (κ3) is 8.20. The number of hydrogen-bond donors (Lipinski definition) is 4. The van der Waals surface area contributed by atoms with Gasteiger partial charge in [0.1, 0.15) is 6.10 Å². The van der Waals surface area contributed by atoms with Gasteiger partial charge in [-0.05, 0) is 32.3 Å². The number of halogens is 1. The summed E-state index contributed by atoms with van der Waals surface area (Å²) in [6, 6.07) is 7.57. The van der Waals surface area contributed by atoms with Gasteiger partial charge in [0.25, 0.3) is 0 Å². The maximum atomic E-state index is 11.9. The second-order valence-electron chi connectivity index (χ2n) is 7.30. The van der Waals surface area contributed by atoms with E-state index in [1.165, 1.54) is 0 Å². The van der Waals surface area contributed by atoms with Crippen molar-refractivity contribution in [1.29, 1.82) is 0 Å². The van der Waals surface area contributed by atoms with E-state index in [0.717, 1.165) is 45.4 Å². The van der Waals surface area contributed by atoms with Crippen LogP contribution >= 0.6 is 11.6 Å². The number of rotatable bonds is 9. The monoisotopic (exact) mass is 423 g/mol. The predicted octanol–water partition coefficient (Wildman–Crippen LogP) is 1.92. The van der Waals surface area contributed by atoms with E-state index in [1.54, 1.807) is 6.07 Å². The Balaban J connectivity index is 1.82. The third-order valence-corrected chi connectivity index (χ3v) is 5.24. The summed E-state index contributed by atoms with van der Waals surface area (Å²) >= 11 is 6.16. The predicted molar refractivity (Wildman–Crippen MR) is 118 cm³/mol. The molecule has 162 valence electrons. The first-order valence-corrected chi connectivity index (χ1v) is 10.9. The molecular formula is C21H34ClN5O2. The molecule has 7 nitrogen and oxygen atoms in total. The minimum atomic E-state index is -0.748. The van der Waals surface area contributed by atoms with Crippen molar-refractivity contribution in [3.8, 4) is 0 Å². The summed E-state index contributed by atoms with van der Waals surface area (Å²) in [5.74, 6) is 0.791. The van der Waals surface area contributed by atoms with Crippen LogP contribution in [0.3, 0.4) is 0 Å². The largest absolute Gasteiger partial charge is 0.386 e. The first-order valence-electron chi connectivity index (χ1n) is 10.5. The molecule has 1 heterocycles. The van der Waals surface area contributed by atoms with Gasteiger partial charge in [-0.15, -0.1) is 0 Å². The van der Waals surface area contributed by atoms with Gasteiger partial charge in [0.15, 0.2) is 5.96 Å². The lowest BCUT2D eigenvalue weighted by Crippen LogP contribution is -2.50. The number of benzene rings is 1. The third-order valence-electron chi connectivity index (χ3n) is 4.90. The Morgan fingerprint density at radius 3 is 2.66 bits per heavy atom. The SMILES string of the molecule is CCCNC(=O)CN1CCC(NC(=NCC(O)c2ccccc2Cl)NCC)CC1. The summed E-state index contributed by atoms with van der Waals surface area (Å²) in [4.78, 5) is 18.6. The zero-order valence-corrected chi connectivity index (χ0v) is 18.2. The molecule has 1 aliphatic heterocycles. The summed E-state index contributed by atoms with van der Waals surface area (Å²) in [7, 11) is 0. The lowest BCUT2D eigenvalue weighted by atomic mass is 10.1. The molecule has 0 saturated carbocycles. The van der Waals surface area contributed by atoms with Crippen LogP contribution in [0.5, 0.6) is 0 Å². The first kappa shape index (κ1) is 23.4. The number of nitrogens with one attached hydrogen (secondary N) is 3. The number of aliphatic imine (C=N–C) groups is 1. The van der Waals surface area contributed by atoms with E-state index in [1.807, 2.05) is 32.0 Å². The number of nitrogens with zero attached hydrogens (tertiary/aromatic N) is 2. The van der Waals surface area contributed by atoms with Gasteiger partial charge in [0, 0.05) is 42.8 Å². The number of aliphatic hydroxyl groups excluding tert-OH is 1. The molecule has 1 fully saturated rings. The standard InChI is InChI=1S/C21H34ClN5O2/c1-3-11-24-20(29)15-27-12-9-16(10-13-27)26-21(23-4-2)25-14-19(28)17-7-5-6-8-18(17)22/h5-8,16,19,28H,3-4,9-15H2,1-2H3,(H,24,29)(H2,23,25,26). The number of likely N-dealkylation sites (tertiary alicyclic amines) is 1. The highest BCUT2D eigenvalue weighted by Gasteiger charge is 2.21. The van der Waals surface area contributed by atoms with E-state index in [2.05, 4.69) is 25.8 Å². The average molecular weight is 424 g/mol. The maximum absolute atomic E-state index is 11.9. The maximum Gasteiger partial charge on any atom is 0.234 e. The average Bonchev–Trinajstić information content (AvgIpc) is 2.72. The molecule has 0 aliphatic carbocycles. The van der Waals surface area contributed by atoms with Gasteiger partial charge in [0.2, 0.25) is 5.91 Å². The topological polar surface area (TPSA) is 89.0 Å². The lowest BCUT2D eigenvalue weighted by molar-refractivity contribution is -0.122. The van der Waals surface area contributed by atoms with E-state index < -0.39 is 6.10 Å². The molecule has 1 atom stereocenters. The molecule has 1 aromatic carbocycles. The number of carbonyl (C=O) groups is 1. The zero-order chi connectivity index (χ0) is 21.1. The van der Waals surface area contributed by atoms with Crippen LogP contribution in [0, 0.1) is 0 Å². The molecule has 1 aliphatic rings. The summed E-state index contributed by atoms with van der Waals surface area (Å²) in [6.07, 6.45) is 2.09. The Hall–Kier alpha value is -1.83. The van der Waals surface area contributed by atoms with E-state index >= 15 is 0 Å². The number of guanidine groups is 1. The molecule has 1 amide bonds. The number of piperidine rings is 1. The molecule has 1 aromatic rings. The van der Waals surface area contributed by atoms with E-state index in [0.29, 0.717) is 29.1 Å². The second-order valence-corrected chi connectivity index (χ2v) is 7.71. The minimum Gasteiger partial charge on any atom is -0.386 e. The molecule has 2 rings (SSSR count). The smallest absolute Gasteiger partial charge is 0.234 e. The van der Waals surface area contributed by atoms with Crippen LogP contribution in [-0.4, -0.2) is 67.2 Å². The highest BCUT2D eigenvalue weighted by molar-refractivity contribution is 6.31. The highest BCUT2D eigenvalue weighted by atomic mass is 35.5. The lowest BCUT2D eigenvalue weighted by Gasteiger charge is -2.32. The second kappa shape index (κ2) is 12.7. The normalized spacial score (nSPS) is 17.0. The fourth-order valence-electron chi connectivity index (χ4n) is 3.29. The molecule has 8 heteroatoms. The molecule has 1 unspecified atom stereocenters. The number of amides is 1. The van der Waals surface area contributed by atoms with Crippen LogP contribution in [0.15, 0.2) is 29.3 Å². The highest BCUT2D eigenvalue weighted by Crippen LogP contribution is 2.22. The van der Waals surface area contributed by atoms with Gasteiger partial charge in [0.05, 0.1) is 13.1 Å². The fourth-order valence-corrected chi connectivity index (χ4v) is 3.56. The van der Waals surface area contributed by atoms with E-state index in [9.17, 15) is 9.90 Å². The number of hydrogen-bond acceptors (Lipinski definition) is 4. The molecular weight excluding hydrogens is 390 g/mol. The molecule has 4 N–H and O–H groups in total. The van der Waals surface area contributed by atoms with Gasteiger partial charge < -0.3 is 21.1 Å². The van der Waals surface area contributed by atoms with Gasteiger partial charge in [-0.1, -0.05) is 36.7 Å². The van der Waals surface area contributed by atoms with E-state index in [4.69, 9.17) is 11.6 Å². The van der Waals surface area contributed by atoms with Crippen molar-refractivity contribution < 1.29 is 9.90 Å². The van der Waals surface area contributed by atoms with Crippen LogP contribution in [0.25, 0.3) is 0 Å². The quantitative estimate of drug-likeness (QED) is 0.360. The van der Waals surface area contributed by atoms with Crippen LogP contribution in [0.1, 0.15) is 44.8 Å². The zero-order valence-electron chi connectivity index (χ0n) is 17.5. The molecule has 0 spiro atoms. The summed E-state index contributed by atoms with van der Waals surface area (Å²) in [5, 5.41) is 20.6. The van der Waals surface area contributed by atoms with Crippen LogP contribution in [0.2, 0.25) is 5.02 Å². The van der Waals surface area contributed by atoms with Crippen LogP contribution < -0.4 is 16.0 Å². The Kier molecular flexibility index (Phi) is 10.2. The summed E-state index contributed by atoms with van der Waals surface area (Å²) in [6.45, 7) is 7.98. The summed E-state index contributed by atoms with van der Waals surface area (Å²) < 4.78 is 0. The van der Waals surface area contributed by atoms with Crippen LogP contribution in [-0.2, 0) is 4.79 Å². The van der Waals surface area contributed by atoms with Gasteiger partial charge in [-0.3, -0.25) is 14.7 Å². The van der Waals surface area contributed by atoms with Crippen molar-refractivity contribution >= 4 is 23.5 Å². The number of aliphatic hydroxyl groups is 1. The summed E-state index contributed by atoms with van der Waals surface area (Å²) in [5.41, 5.74) is 0.684. The van der Waals surface area contributed by atoms with Crippen molar-refractivity contribution in [2.45, 2.75) is 45.3 Å². The fraction of sp³-hybridized carbons (Fsp3) is 0.619.